The molecule has 0 saturated heterocycles. The van der Waals surface area contributed by atoms with E-state index in [1.54, 1.807) is 13.1 Å². The van der Waals surface area contributed by atoms with Crippen molar-refractivity contribution < 1.29 is 19.8 Å². The molecule has 1 amide bonds. The number of hydrogen-bond donors (Lipinski definition) is 3. The van der Waals surface area contributed by atoms with E-state index in [2.05, 4.69) is 36.1 Å². The van der Waals surface area contributed by atoms with Gasteiger partial charge in [-0.15, -0.1) is 0 Å². The van der Waals surface area contributed by atoms with Crippen LogP contribution in [0.1, 0.15) is 61.7 Å². The number of aliphatic carboxylic acids is 1. The van der Waals surface area contributed by atoms with E-state index in [0.717, 1.165) is 11.1 Å². The molecule has 9 heteroatoms. The second kappa shape index (κ2) is 10.1. The summed E-state index contributed by atoms with van der Waals surface area (Å²) in [6, 6.07) is 10.3. The van der Waals surface area contributed by atoms with Gasteiger partial charge in [-0.05, 0) is 41.5 Å². The van der Waals surface area contributed by atoms with Crippen LogP contribution >= 0.6 is 0 Å². The molecule has 184 valence electrons. The van der Waals surface area contributed by atoms with Crippen molar-refractivity contribution in [3.63, 3.8) is 0 Å². The van der Waals surface area contributed by atoms with Crippen LogP contribution in [0.25, 0.3) is 11.1 Å². The molecule has 0 fully saturated rings. The molecule has 35 heavy (non-hydrogen) atoms. The highest BCUT2D eigenvalue weighted by atomic mass is 16.4. The summed E-state index contributed by atoms with van der Waals surface area (Å²) in [5.74, 6) is -2.32. The number of nitrogens with zero attached hydrogens (tertiary/aromatic N) is 3. The number of carbonyl (C=O) groups is 2. The van der Waals surface area contributed by atoms with Gasteiger partial charge >= 0.3 is 5.97 Å². The zero-order chi connectivity index (χ0) is 25.9. The van der Waals surface area contributed by atoms with Crippen LogP contribution < -0.4 is 10.9 Å². The summed E-state index contributed by atoms with van der Waals surface area (Å²) < 4.78 is 1.40. The van der Waals surface area contributed by atoms with Gasteiger partial charge in [0.2, 0.25) is 0 Å². The summed E-state index contributed by atoms with van der Waals surface area (Å²) in [6.07, 6.45) is 1.79. The monoisotopic (exact) mass is 478 g/mol. The Hall–Kier alpha value is -4.01. The number of aromatic nitrogens is 3. The predicted molar refractivity (Wildman–Crippen MR) is 132 cm³/mol. The van der Waals surface area contributed by atoms with Crippen molar-refractivity contribution in [2.75, 3.05) is 0 Å². The van der Waals surface area contributed by atoms with Gasteiger partial charge < -0.3 is 20.1 Å². The quantitative estimate of drug-likeness (QED) is 0.474. The van der Waals surface area contributed by atoms with Crippen molar-refractivity contribution in [3.05, 3.63) is 75.7 Å². The molecule has 0 aliphatic heterocycles. The topological polar surface area (TPSA) is 134 Å². The lowest BCUT2D eigenvalue weighted by atomic mass is 9.86. The lowest BCUT2D eigenvalue weighted by Crippen LogP contribution is -2.40. The normalized spacial score (nSPS) is 12.3. The Labute approximate surface area is 203 Å². The summed E-state index contributed by atoms with van der Waals surface area (Å²) in [5, 5.41) is 21.8. The highest BCUT2D eigenvalue weighted by molar-refractivity contribution is 5.97. The third-order valence-corrected chi connectivity index (χ3v) is 5.72. The molecule has 0 radical (unpaired) electrons. The number of aromatic hydroxyl groups is 1. The molecular formula is C26H30N4O5. The average Bonchev–Trinajstić information content (AvgIpc) is 2.80. The Kier molecular flexibility index (Phi) is 7.38. The van der Waals surface area contributed by atoms with Gasteiger partial charge in [-0.2, -0.15) is 0 Å². The first-order valence-electron chi connectivity index (χ1n) is 11.3. The highest BCUT2D eigenvalue weighted by Crippen LogP contribution is 2.25. The lowest BCUT2D eigenvalue weighted by molar-refractivity contribution is -0.139. The molecule has 2 aromatic heterocycles. The van der Waals surface area contributed by atoms with Crippen molar-refractivity contribution in [3.8, 4) is 16.9 Å². The molecule has 9 nitrogen and oxygen atoms in total. The first-order chi connectivity index (χ1) is 16.4. The maximum absolute atomic E-state index is 12.8. The van der Waals surface area contributed by atoms with Crippen molar-refractivity contribution in [1.29, 1.82) is 0 Å². The van der Waals surface area contributed by atoms with E-state index in [-0.39, 0.29) is 41.2 Å². The van der Waals surface area contributed by atoms with E-state index in [0.29, 0.717) is 0 Å². The molecule has 2 heterocycles. The van der Waals surface area contributed by atoms with Crippen LogP contribution in [0, 0.1) is 6.92 Å². The molecule has 1 unspecified atom stereocenters. The number of benzene rings is 1. The van der Waals surface area contributed by atoms with Crippen molar-refractivity contribution in [2.45, 2.75) is 59.0 Å². The standard InChI is InChI=1S/C26H30N4O5/c1-6-19(25(34)35)28-24(33)22-23(32)15(2)27-20(29-22)14-30-12-11-17(13-21(30)31)16-7-9-18(10-8-16)26(3,4)5/h7-13,19,32H,6,14H2,1-5H3,(H,28,33)(H,34,35). The van der Waals surface area contributed by atoms with Crippen LogP contribution in [0.15, 0.2) is 47.4 Å². The number of nitrogens with one attached hydrogen (secondary N) is 1. The summed E-state index contributed by atoms with van der Waals surface area (Å²) >= 11 is 0. The maximum atomic E-state index is 12.8. The minimum atomic E-state index is -1.19. The first kappa shape index (κ1) is 25.6. The number of amides is 1. The number of carbonyl (C=O) groups excluding carboxylic acids is 1. The van der Waals surface area contributed by atoms with Gasteiger partial charge in [0, 0.05) is 12.3 Å². The fraction of sp³-hybridized carbons (Fsp3) is 0.346. The van der Waals surface area contributed by atoms with Gasteiger partial charge in [-0.3, -0.25) is 9.59 Å². The highest BCUT2D eigenvalue weighted by Gasteiger charge is 2.23. The molecule has 3 rings (SSSR count). The van der Waals surface area contributed by atoms with Gasteiger partial charge in [0.05, 0.1) is 12.2 Å². The van der Waals surface area contributed by atoms with E-state index in [4.69, 9.17) is 0 Å². The Morgan fingerprint density at radius 3 is 2.29 bits per heavy atom. The number of pyridine rings is 1. The second-order valence-corrected chi connectivity index (χ2v) is 9.40. The van der Waals surface area contributed by atoms with Gasteiger partial charge in [-0.25, -0.2) is 14.8 Å². The fourth-order valence-corrected chi connectivity index (χ4v) is 3.55. The minimum Gasteiger partial charge on any atom is -0.504 e. The van der Waals surface area contributed by atoms with E-state index in [9.17, 15) is 24.6 Å². The van der Waals surface area contributed by atoms with Gasteiger partial charge in [-0.1, -0.05) is 52.0 Å². The average molecular weight is 479 g/mol. The maximum Gasteiger partial charge on any atom is 0.326 e. The second-order valence-electron chi connectivity index (χ2n) is 9.40. The molecule has 0 bridgehead atoms. The van der Waals surface area contributed by atoms with Gasteiger partial charge in [0.15, 0.2) is 11.4 Å². The SMILES string of the molecule is CCC(NC(=O)c1nc(Cn2ccc(-c3ccc(C(C)(C)C)cc3)cc2=O)nc(C)c1O)C(=O)O. The van der Waals surface area contributed by atoms with Crippen molar-refractivity contribution in [1.82, 2.24) is 19.9 Å². The molecule has 0 aliphatic carbocycles. The summed E-state index contributed by atoms with van der Waals surface area (Å²) in [7, 11) is 0. The van der Waals surface area contributed by atoms with Crippen LogP contribution in [0.4, 0.5) is 0 Å². The third-order valence-electron chi connectivity index (χ3n) is 5.72. The molecule has 1 aromatic carbocycles. The largest absolute Gasteiger partial charge is 0.504 e. The van der Waals surface area contributed by atoms with Gasteiger partial charge in [0.25, 0.3) is 11.5 Å². The van der Waals surface area contributed by atoms with Crippen LogP contribution in [-0.2, 0) is 16.8 Å². The van der Waals surface area contributed by atoms with Gasteiger partial charge in [0.1, 0.15) is 11.9 Å². The van der Waals surface area contributed by atoms with E-state index in [1.807, 2.05) is 30.3 Å². The minimum absolute atomic E-state index is 0.0282. The first-order valence-corrected chi connectivity index (χ1v) is 11.3. The molecular weight excluding hydrogens is 448 g/mol. The van der Waals surface area contributed by atoms with Crippen LogP contribution in [0.3, 0.4) is 0 Å². The number of rotatable bonds is 7. The predicted octanol–water partition coefficient (Wildman–Crippen LogP) is 3.26. The zero-order valence-corrected chi connectivity index (χ0v) is 20.5. The van der Waals surface area contributed by atoms with Crippen LogP contribution in [0.5, 0.6) is 5.75 Å². The molecule has 3 N–H and O–H groups in total. The summed E-state index contributed by atoms with van der Waals surface area (Å²) in [5.41, 5.74) is 2.45. The number of carboxylic acids is 1. The Bertz CT molecular complexity index is 1310. The molecule has 0 spiro atoms. The van der Waals surface area contributed by atoms with E-state index >= 15 is 0 Å². The fourth-order valence-electron chi connectivity index (χ4n) is 3.55. The third kappa shape index (κ3) is 5.92. The summed E-state index contributed by atoms with van der Waals surface area (Å²) in [6.45, 7) is 9.50. The van der Waals surface area contributed by atoms with E-state index in [1.165, 1.54) is 23.1 Å². The molecule has 0 saturated carbocycles. The zero-order valence-electron chi connectivity index (χ0n) is 20.5. The molecule has 3 aromatic rings. The van der Waals surface area contributed by atoms with Crippen LogP contribution in [-0.4, -0.2) is 42.7 Å². The molecule has 0 aliphatic rings. The Morgan fingerprint density at radius 1 is 1.09 bits per heavy atom. The summed E-state index contributed by atoms with van der Waals surface area (Å²) in [4.78, 5) is 44.9. The van der Waals surface area contributed by atoms with Crippen molar-refractivity contribution >= 4 is 11.9 Å². The van der Waals surface area contributed by atoms with E-state index < -0.39 is 23.7 Å². The van der Waals surface area contributed by atoms with Crippen LogP contribution in [0.2, 0.25) is 0 Å². The number of carboxylic acid groups (broad SMARTS) is 1. The Balaban J connectivity index is 1.86. The Morgan fingerprint density at radius 2 is 1.74 bits per heavy atom. The number of hydrogen-bond acceptors (Lipinski definition) is 6. The molecule has 1 atom stereocenters. The van der Waals surface area contributed by atoms with Crippen molar-refractivity contribution in [2.24, 2.45) is 0 Å². The number of aryl methyl sites for hydroxylation is 1. The lowest BCUT2D eigenvalue weighted by Gasteiger charge is -2.19. The smallest absolute Gasteiger partial charge is 0.326 e.